The van der Waals surface area contributed by atoms with Crippen LogP contribution < -0.4 is 4.74 Å². The minimum absolute atomic E-state index is 0.731. The van der Waals surface area contributed by atoms with Gasteiger partial charge in [0.05, 0.1) is 6.61 Å². The summed E-state index contributed by atoms with van der Waals surface area (Å²) in [5.41, 5.74) is 1.41. The maximum Gasteiger partial charge on any atom is 0.314 e. The quantitative estimate of drug-likeness (QED) is 0.0973. The van der Waals surface area contributed by atoms with E-state index in [9.17, 15) is 0 Å². The van der Waals surface area contributed by atoms with Crippen LogP contribution in [-0.2, 0) is 14.7 Å². The predicted molar refractivity (Wildman–Crippen MR) is 171 cm³/mol. The maximum atomic E-state index is 6.62. The summed E-state index contributed by atoms with van der Waals surface area (Å²) in [4.78, 5) is 0. The highest BCUT2D eigenvalue weighted by molar-refractivity contribution is 6.87. The SMILES string of the molecule is CCCCCCCCCCCCCCCc1cccc(OCCC[Si](C)(O[Si](C)(C)C)O[Si](C)(C)C)c1. The number of ether oxygens (including phenoxy) is 1. The first kappa shape index (κ1) is 34.6. The van der Waals surface area contributed by atoms with Gasteiger partial charge in [0.15, 0.2) is 16.6 Å². The molecule has 1 rings (SSSR count). The number of rotatable bonds is 23. The van der Waals surface area contributed by atoms with Crippen LogP contribution in [0.1, 0.15) is 102 Å². The van der Waals surface area contributed by atoms with Crippen molar-refractivity contribution in [2.45, 2.75) is 155 Å². The second-order valence-corrected chi connectivity index (χ2v) is 26.0. The molecule has 0 aliphatic heterocycles. The van der Waals surface area contributed by atoms with Crippen LogP contribution >= 0.6 is 0 Å². The summed E-state index contributed by atoms with van der Waals surface area (Å²) < 4.78 is 19.4. The largest absolute Gasteiger partial charge is 0.494 e. The number of hydrogen-bond donors (Lipinski definition) is 0. The highest BCUT2D eigenvalue weighted by Gasteiger charge is 2.39. The Kier molecular flexibility index (Phi) is 17.6. The molecule has 216 valence electrons. The molecule has 0 fully saturated rings. The van der Waals surface area contributed by atoms with Gasteiger partial charge in [-0.1, -0.05) is 96.1 Å². The first-order chi connectivity index (χ1) is 17.4. The van der Waals surface area contributed by atoms with Crippen molar-refractivity contribution in [3.63, 3.8) is 0 Å². The molecule has 0 amide bonds. The molecule has 3 nitrogen and oxygen atoms in total. The highest BCUT2D eigenvalue weighted by atomic mass is 28.5. The van der Waals surface area contributed by atoms with Crippen LogP contribution in [0.3, 0.4) is 0 Å². The molecule has 0 unspecified atom stereocenters. The second kappa shape index (κ2) is 18.8. The third kappa shape index (κ3) is 20.2. The van der Waals surface area contributed by atoms with Crippen LogP contribution in [0.2, 0.25) is 51.9 Å². The molecule has 0 radical (unpaired) electrons. The van der Waals surface area contributed by atoms with E-state index in [1.54, 1.807) is 0 Å². The summed E-state index contributed by atoms with van der Waals surface area (Å²) in [6.07, 6.45) is 20.4. The maximum absolute atomic E-state index is 6.62. The second-order valence-electron chi connectivity index (χ2n) is 13.2. The van der Waals surface area contributed by atoms with Crippen LogP contribution in [0, 0.1) is 0 Å². The van der Waals surface area contributed by atoms with Gasteiger partial charge in [-0.2, -0.15) is 0 Å². The van der Waals surface area contributed by atoms with Gasteiger partial charge >= 0.3 is 8.56 Å². The van der Waals surface area contributed by atoms with Gasteiger partial charge in [0, 0.05) is 0 Å². The number of unbranched alkanes of at least 4 members (excludes halogenated alkanes) is 12. The Morgan fingerprint density at radius 1 is 0.595 bits per heavy atom. The Bertz CT molecular complexity index is 682. The number of hydrogen-bond acceptors (Lipinski definition) is 3. The minimum atomic E-state index is -2.17. The van der Waals surface area contributed by atoms with E-state index in [1.165, 1.54) is 89.0 Å². The molecule has 0 N–H and O–H groups in total. The smallest absolute Gasteiger partial charge is 0.314 e. The number of aryl methyl sites for hydroxylation is 1. The predicted octanol–water partition coefficient (Wildman–Crippen LogP) is 10.9. The summed E-state index contributed by atoms with van der Waals surface area (Å²) in [6, 6.07) is 9.74. The summed E-state index contributed by atoms with van der Waals surface area (Å²) in [5.74, 6) is 1.01. The minimum Gasteiger partial charge on any atom is -0.494 e. The van der Waals surface area contributed by atoms with Crippen molar-refractivity contribution in [1.29, 1.82) is 0 Å². The Hall–Kier alpha value is -0.409. The van der Waals surface area contributed by atoms with E-state index in [-0.39, 0.29) is 0 Å². The Labute approximate surface area is 235 Å². The number of benzene rings is 1. The zero-order chi connectivity index (χ0) is 27.6. The molecule has 37 heavy (non-hydrogen) atoms. The fraction of sp³-hybridized carbons (Fsp3) is 0.806. The lowest BCUT2D eigenvalue weighted by Gasteiger charge is -2.38. The normalized spacial score (nSPS) is 12.8. The molecule has 0 bridgehead atoms. The lowest BCUT2D eigenvalue weighted by molar-refractivity contribution is 0.306. The summed E-state index contributed by atoms with van der Waals surface area (Å²) in [5, 5.41) is 0. The van der Waals surface area contributed by atoms with Crippen LogP contribution in [-0.4, -0.2) is 31.8 Å². The average Bonchev–Trinajstić information content (AvgIpc) is 2.77. The standard InChI is InChI=1S/C31H62O3Si3/c1-9-10-11-12-13-14-15-16-17-18-19-20-21-24-30-25-22-26-31(29-30)32-27-23-28-37(8,33-35(2,3)4)34-36(5,6)7/h22,25-26,29H,9-21,23-24,27-28H2,1-8H3. The molecule has 0 saturated carbocycles. The first-order valence-corrected chi connectivity index (χ1v) is 24.9. The zero-order valence-electron chi connectivity index (χ0n) is 26.1. The average molecular weight is 567 g/mol. The molecule has 0 aliphatic rings. The van der Waals surface area contributed by atoms with Crippen molar-refractivity contribution in [1.82, 2.24) is 0 Å². The van der Waals surface area contributed by atoms with Crippen molar-refractivity contribution in [3.05, 3.63) is 29.8 Å². The van der Waals surface area contributed by atoms with Gasteiger partial charge in [-0.05, 0) is 88.8 Å². The molecule has 0 saturated heterocycles. The Balaban J connectivity index is 2.22. The van der Waals surface area contributed by atoms with Crippen LogP contribution in [0.4, 0.5) is 0 Å². The van der Waals surface area contributed by atoms with Gasteiger partial charge in [-0.3, -0.25) is 0 Å². The van der Waals surface area contributed by atoms with E-state index in [1.807, 2.05) is 0 Å². The van der Waals surface area contributed by atoms with E-state index in [2.05, 4.69) is 77.0 Å². The first-order valence-electron chi connectivity index (χ1n) is 15.5. The van der Waals surface area contributed by atoms with Crippen LogP contribution in [0.5, 0.6) is 5.75 Å². The fourth-order valence-corrected chi connectivity index (χ4v) is 17.6. The third-order valence-corrected chi connectivity index (χ3v) is 16.2. The van der Waals surface area contributed by atoms with Gasteiger partial charge in [0.1, 0.15) is 5.75 Å². The molecule has 0 aromatic heterocycles. The van der Waals surface area contributed by atoms with E-state index >= 15 is 0 Å². The monoisotopic (exact) mass is 566 g/mol. The molecular formula is C31H62O3Si3. The van der Waals surface area contributed by atoms with Crippen molar-refractivity contribution in [2.24, 2.45) is 0 Å². The lowest BCUT2D eigenvalue weighted by atomic mass is 10.0. The Morgan fingerprint density at radius 2 is 1.08 bits per heavy atom. The third-order valence-electron chi connectivity index (χ3n) is 6.56. The molecule has 6 heteroatoms. The molecule has 0 heterocycles. The highest BCUT2D eigenvalue weighted by Crippen LogP contribution is 2.26. The molecular weight excluding hydrogens is 505 g/mol. The fourth-order valence-electron chi connectivity index (χ4n) is 5.14. The van der Waals surface area contributed by atoms with Gasteiger partial charge < -0.3 is 13.0 Å². The summed E-state index contributed by atoms with van der Waals surface area (Å²) in [6.45, 7) is 18.9. The molecule has 0 aliphatic carbocycles. The van der Waals surface area contributed by atoms with Gasteiger partial charge in [-0.25, -0.2) is 0 Å². The molecule has 1 aromatic rings. The van der Waals surface area contributed by atoms with Gasteiger partial charge in [0.2, 0.25) is 0 Å². The van der Waals surface area contributed by atoms with Crippen molar-refractivity contribution >= 4 is 25.2 Å². The summed E-state index contributed by atoms with van der Waals surface area (Å²) >= 11 is 0. The van der Waals surface area contributed by atoms with E-state index < -0.39 is 25.2 Å². The van der Waals surface area contributed by atoms with Crippen molar-refractivity contribution in [2.75, 3.05) is 6.61 Å². The topological polar surface area (TPSA) is 27.7 Å². The lowest BCUT2D eigenvalue weighted by Crippen LogP contribution is -2.52. The van der Waals surface area contributed by atoms with E-state index in [0.29, 0.717) is 0 Å². The molecule has 1 aromatic carbocycles. The zero-order valence-corrected chi connectivity index (χ0v) is 29.1. The molecule has 0 atom stereocenters. The van der Waals surface area contributed by atoms with Gasteiger partial charge in [-0.15, -0.1) is 0 Å². The Morgan fingerprint density at radius 3 is 1.57 bits per heavy atom. The van der Waals surface area contributed by atoms with Crippen LogP contribution in [0.15, 0.2) is 24.3 Å². The van der Waals surface area contributed by atoms with Gasteiger partial charge in [0.25, 0.3) is 0 Å². The van der Waals surface area contributed by atoms with E-state index in [0.717, 1.165) is 31.2 Å². The van der Waals surface area contributed by atoms with E-state index in [4.69, 9.17) is 13.0 Å². The van der Waals surface area contributed by atoms with Crippen molar-refractivity contribution in [3.8, 4) is 5.75 Å². The molecule has 0 spiro atoms. The van der Waals surface area contributed by atoms with Crippen LogP contribution in [0.25, 0.3) is 0 Å². The van der Waals surface area contributed by atoms with Crippen molar-refractivity contribution < 1.29 is 13.0 Å². The summed E-state index contributed by atoms with van der Waals surface area (Å²) in [7, 11) is -5.45.